The van der Waals surface area contributed by atoms with Gasteiger partial charge in [0.05, 0.1) is 23.7 Å². The Balaban J connectivity index is 1.96. The van der Waals surface area contributed by atoms with E-state index in [-0.39, 0.29) is 18.2 Å². The van der Waals surface area contributed by atoms with E-state index in [0.29, 0.717) is 19.0 Å². The molecule has 0 radical (unpaired) electrons. The fourth-order valence-corrected chi connectivity index (χ4v) is 4.57. The van der Waals surface area contributed by atoms with E-state index in [1.807, 2.05) is 4.90 Å². The van der Waals surface area contributed by atoms with Crippen molar-refractivity contribution in [3.05, 3.63) is 0 Å². The van der Waals surface area contributed by atoms with Gasteiger partial charge in [-0.1, -0.05) is 0 Å². The van der Waals surface area contributed by atoms with Crippen LogP contribution in [0.2, 0.25) is 0 Å². The predicted molar refractivity (Wildman–Crippen MR) is 110 cm³/mol. The average Bonchev–Trinajstić information content (AvgIpc) is 2.64. The van der Waals surface area contributed by atoms with Crippen molar-refractivity contribution in [1.82, 2.24) is 20.0 Å². The number of carbonyl (C=O) groups excluding carboxylic acids is 1. The highest BCUT2D eigenvalue weighted by molar-refractivity contribution is 7.92. The lowest BCUT2D eigenvalue weighted by atomic mass is 10.2. The van der Waals surface area contributed by atoms with E-state index in [4.69, 9.17) is 4.74 Å². The van der Waals surface area contributed by atoms with E-state index >= 15 is 0 Å². The molecule has 28 heavy (non-hydrogen) atoms. The molecule has 0 aromatic rings. The number of guanidine groups is 1. The van der Waals surface area contributed by atoms with E-state index in [9.17, 15) is 13.2 Å². The molecule has 0 aromatic carbocycles. The summed E-state index contributed by atoms with van der Waals surface area (Å²) in [4.78, 5) is 22.3. The third-order valence-corrected chi connectivity index (χ3v) is 7.78. The van der Waals surface area contributed by atoms with E-state index in [1.54, 1.807) is 27.9 Å². The number of hydrogen-bond acceptors (Lipinski definition) is 6. The Morgan fingerprint density at radius 1 is 1.21 bits per heavy atom. The zero-order valence-corrected chi connectivity index (χ0v) is 18.4. The second-order valence-electron chi connectivity index (χ2n) is 8.16. The molecule has 0 unspecified atom stereocenters. The van der Waals surface area contributed by atoms with Crippen molar-refractivity contribution < 1.29 is 17.9 Å². The first-order chi connectivity index (χ1) is 13.1. The minimum atomic E-state index is -3.13. The van der Waals surface area contributed by atoms with E-state index in [0.717, 1.165) is 45.8 Å². The molecule has 10 heteroatoms. The van der Waals surface area contributed by atoms with Gasteiger partial charge in [-0.3, -0.25) is 9.69 Å². The number of hydrogen-bond donors (Lipinski definition) is 1. The maximum atomic E-state index is 12.3. The summed E-state index contributed by atoms with van der Waals surface area (Å²) in [5.41, 5.74) is 0. The highest BCUT2D eigenvalue weighted by atomic mass is 32.2. The van der Waals surface area contributed by atoms with Gasteiger partial charge in [-0.15, -0.1) is 0 Å². The number of rotatable bonds is 6. The maximum Gasteiger partial charge on any atom is 0.243 e. The highest BCUT2D eigenvalue weighted by Gasteiger charge is 2.41. The van der Waals surface area contributed by atoms with Crippen molar-refractivity contribution in [2.24, 2.45) is 4.99 Å². The molecule has 2 saturated heterocycles. The van der Waals surface area contributed by atoms with Crippen LogP contribution in [0, 0.1) is 0 Å². The molecule has 0 aliphatic carbocycles. The molecule has 2 fully saturated rings. The van der Waals surface area contributed by atoms with E-state index in [2.05, 4.69) is 15.2 Å². The number of aliphatic imine (C=N–C) groups is 1. The van der Waals surface area contributed by atoms with Crippen LogP contribution in [0.5, 0.6) is 0 Å². The van der Waals surface area contributed by atoms with Crippen molar-refractivity contribution in [1.29, 1.82) is 0 Å². The summed E-state index contributed by atoms with van der Waals surface area (Å²) in [6.07, 6.45) is 0.941. The molecule has 1 amide bonds. The summed E-state index contributed by atoms with van der Waals surface area (Å²) < 4.78 is 29.1. The Morgan fingerprint density at radius 3 is 2.50 bits per heavy atom. The molecule has 0 spiro atoms. The average molecular weight is 418 g/mol. The van der Waals surface area contributed by atoms with Gasteiger partial charge in [-0.25, -0.2) is 13.4 Å². The normalized spacial score (nSPS) is 22.7. The van der Waals surface area contributed by atoms with Gasteiger partial charge in [0.15, 0.2) is 15.8 Å². The molecule has 1 N–H and O–H groups in total. The molecular weight excluding hydrogens is 382 g/mol. The highest BCUT2D eigenvalue weighted by Crippen LogP contribution is 2.23. The molecule has 162 valence electrons. The minimum Gasteiger partial charge on any atom is -0.379 e. The van der Waals surface area contributed by atoms with Crippen LogP contribution in [0.25, 0.3) is 0 Å². The minimum absolute atomic E-state index is 0.0441. The van der Waals surface area contributed by atoms with E-state index in [1.165, 1.54) is 4.90 Å². The molecule has 9 nitrogen and oxygen atoms in total. The number of nitrogens with one attached hydrogen (secondary N) is 1. The lowest BCUT2D eigenvalue weighted by Gasteiger charge is -2.39. The van der Waals surface area contributed by atoms with Crippen LogP contribution in [0.3, 0.4) is 0 Å². The second kappa shape index (κ2) is 9.89. The van der Waals surface area contributed by atoms with Crippen molar-refractivity contribution in [2.45, 2.75) is 25.0 Å². The standard InChI is InChI=1S/C18H35N5O4S/c1-18(2)15-23(10-13-28(18,25)26)17(20-14-16(24)21(3)4)19-6-5-7-22-8-11-27-12-9-22/h5-15H2,1-4H3,(H,19,20). The van der Waals surface area contributed by atoms with Crippen LogP contribution in [0.1, 0.15) is 20.3 Å². The first kappa shape index (κ1) is 22.9. The molecule has 0 saturated carbocycles. The SMILES string of the molecule is CN(C)C(=O)CN=C(NCCCN1CCOCC1)N1CCS(=O)(=O)C(C)(C)C1. The lowest BCUT2D eigenvalue weighted by molar-refractivity contribution is -0.127. The van der Waals surface area contributed by atoms with Gasteiger partial charge in [0, 0.05) is 46.8 Å². The molecule has 2 rings (SSSR count). The number of carbonyl (C=O) groups is 1. The number of ether oxygens (including phenoxy) is 1. The van der Waals surface area contributed by atoms with Crippen LogP contribution in [0.15, 0.2) is 4.99 Å². The smallest absolute Gasteiger partial charge is 0.243 e. The Bertz CT molecular complexity index is 657. The zero-order chi connectivity index (χ0) is 20.8. The van der Waals surface area contributed by atoms with Gasteiger partial charge in [-0.05, 0) is 26.8 Å². The fraction of sp³-hybridized carbons (Fsp3) is 0.889. The fourth-order valence-electron chi connectivity index (χ4n) is 3.20. The van der Waals surface area contributed by atoms with Crippen LogP contribution in [0.4, 0.5) is 0 Å². The molecule has 0 bridgehead atoms. The molecule has 0 atom stereocenters. The molecule has 2 aliphatic heterocycles. The van der Waals surface area contributed by atoms with Gasteiger partial charge in [-0.2, -0.15) is 0 Å². The van der Waals surface area contributed by atoms with Crippen molar-refractivity contribution in [2.75, 3.05) is 78.9 Å². The number of likely N-dealkylation sites (N-methyl/N-ethyl adjacent to an activating group) is 1. The van der Waals surface area contributed by atoms with Gasteiger partial charge in [0.25, 0.3) is 0 Å². The summed E-state index contributed by atoms with van der Waals surface area (Å²) in [5.74, 6) is 0.618. The summed E-state index contributed by atoms with van der Waals surface area (Å²) in [5, 5.41) is 3.34. The van der Waals surface area contributed by atoms with Crippen LogP contribution in [-0.4, -0.2) is 119 Å². The predicted octanol–water partition coefficient (Wildman–Crippen LogP) is -0.748. The van der Waals surface area contributed by atoms with Gasteiger partial charge in [0.2, 0.25) is 5.91 Å². The monoisotopic (exact) mass is 417 g/mol. The summed E-state index contributed by atoms with van der Waals surface area (Å²) >= 11 is 0. The summed E-state index contributed by atoms with van der Waals surface area (Å²) in [6.45, 7) is 9.45. The van der Waals surface area contributed by atoms with Gasteiger partial charge in [0.1, 0.15) is 6.54 Å². The van der Waals surface area contributed by atoms with Gasteiger partial charge < -0.3 is 19.9 Å². The van der Waals surface area contributed by atoms with Crippen molar-refractivity contribution in [3.8, 4) is 0 Å². The number of nitrogens with zero attached hydrogens (tertiary/aromatic N) is 4. The zero-order valence-electron chi connectivity index (χ0n) is 17.6. The molecule has 2 heterocycles. The Hall–Kier alpha value is -1.39. The van der Waals surface area contributed by atoms with Crippen LogP contribution in [-0.2, 0) is 19.4 Å². The lowest BCUT2D eigenvalue weighted by Crippen LogP contribution is -2.57. The van der Waals surface area contributed by atoms with Crippen LogP contribution >= 0.6 is 0 Å². The Kier molecular flexibility index (Phi) is 8.08. The first-order valence-electron chi connectivity index (χ1n) is 9.88. The van der Waals surface area contributed by atoms with Crippen LogP contribution < -0.4 is 5.32 Å². The molecule has 2 aliphatic rings. The number of morpholine rings is 1. The number of amides is 1. The van der Waals surface area contributed by atoms with Crippen molar-refractivity contribution >= 4 is 21.7 Å². The van der Waals surface area contributed by atoms with Crippen molar-refractivity contribution in [3.63, 3.8) is 0 Å². The van der Waals surface area contributed by atoms with E-state index < -0.39 is 14.6 Å². The third-order valence-electron chi connectivity index (χ3n) is 5.24. The Labute approximate surface area is 169 Å². The molecule has 0 aromatic heterocycles. The summed E-state index contributed by atoms with van der Waals surface area (Å²) in [7, 11) is 0.267. The summed E-state index contributed by atoms with van der Waals surface area (Å²) in [6, 6.07) is 0. The quantitative estimate of drug-likeness (QED) is 0.345. The second-order valence-corrected chi connectivity index (χ2v) is 10.9. The third kappa shape index (κ3) is 6.31. The largest absolute Gasteiger partial charge is 0.379 e. The molecular formula is C18H35N5O4S. The Morgan fingerprint density at radius 2 is 1.89 bits per heavy atom. The van der Waals surface area contributed by atoms with Gasteiger partial charge >= 0.3 is 0 Å². The number of sulfone groups is 1. The first-order valence-corrected chi connectivity index (χ1v) is 11.5. The topological polar surface area (TPSA) is 94.6 Å². The maximum absolute atomic E-state index is 12.3.